The van der Waals surface area contributed by atoms with Gasteiger partial charge in [0.25, 0.3) is 0 Å². The molecule has 156 valence electrons. The second-order valence-electron chi connectivity index (χ2n) is 8.80. The van der Waals surface area contributed by atoms with Crippen LogP contribution in [0.4, 0.5) is 13.2 Å². The van der Waals surface area contributed by atoms with Gasteiger partial charge in [-0.1, -0.05) is 6.07 Å². The van der Waals surface area contributed by atoms with E-state index < -0.39 is 5.92 Å². The van der Waals surface area contributed by atoms with E-state index >= 15 is 0 Å². The number of halogens is 3. The number of H-pyrrole nitrogens is 1. The number of hydrogen-bond acceptors (Lipinski definition) is 2. The molecule has 3 nitrogen and oxygen atoms in total. The van der Waals surface area contributed by atoms with E-state index in [1.807, 2.05) is 6.07 Å². The summed E-state index contributed by atoms with van der Waals surface area (Å²) in [5.41, 5.74) is 3.49. The van der Waals surface area contributed by atoms with Crippen molar-refractivity contribution in [3.8, 4) is 0 Å². The Bertz CT molecular complexity index is 1150. The molecular formula is C24H23F3N2O. The Hall–Kier alpha value is -2.63. The lowest BCUT2D eigenvalue weighted by Crippen LogP contribution is -2.35. The molecular weight excluding hydrogens is 389 g/mol. The Labute approximate surface area is 172 Å². The summed E-state index contributed by atoms with van der Waals surface area (Å²) < 4.78 is 41.4. The minimum atomic E-state index is -2.59. The standard InChI is InChI=1S/C24H23F3N2O/c25-17-2-1-15-10-19(22-12-23(30)20-13-28-8-5-21(20)29-22)18(11-16(15)9-17)14-3-6-24(26,27)7-4-14/h1-2,5,8-9,12-14,18-19H,3-4,6-7,10-11H2,(H,29,30)/t18-,19+/m0/s1. The number of aromatic amines is 1. The van der Waals surface area contributed by atoms with E-state index in [2.05, 4.69) is 9.97 Å². The van der Waals surface area contributed by atoms with Crippen LogP contribution in [0, 0.1) is 17.7 Å². The smallest absolute Gasteiger partial charge is 0.248 e. The van der Waals surface area contributed by atoms with Gasteiger partial charge >= 0.3 is 0 Å². The first kappa shape index (κ1) is 19.3. The Morgan fingerprint density at radius 3 is 2.63 bits per heavy atom. The molecule has 0 radical (unpaired) electrons. The largest absolute Gasteiger partial charge is 0.358 e. The van der Waals surface area contributed by atoms with Crippen LogP contribution in [0.3, 0.4) is 0 Å². The van der Waals surface area contributed by atoms with Gasteiger partial charge in [0, 0.05) is 42.9 Å². The highest BCUT2D eigenvalue weighted by Crippen LogP contribution is 2.47. The lowest BCUT2D eigenvalue weighted by atomic mass is 9.65. The molecule has 2 aromatic heterocycles. The fourth-order valence-electron chi connectivity index (χ4n) is 5.40. The predicted octanol–water partition coefficient (Wildman–Crippen LogP) is 5.39. The van der Waals surface area contributed by atoms with Gasteiger partial charge < -0.3 is 4.98 Å². The molecule has 1 saturated carbocycles. The quantitative estimate of drug-likeness (QED) is 0.614. The molecule has 0 aliphatic heterocycles. The number of hydrogen-bond donors (Lipinski definition) is 1. The van der Waals surface area contributed by atoms with Crippen molar-refractivity contribution in [1.82, 2.24) is 9.97 Å². The van der Waals surface area contributed by atoms with Crippen molar-refractivity contribution >= 4 is 10.9 Å². The van der Waals surface area contributed by atoms with Crippen molar-refractivity contribution in [2.45, 2.75) is 50.4 Å². The van der Waals surface area contributed by atoms with Gasteiger partial charge in [-0.3, -0.25) is 9.78 Å². The van der Waals surface area contributed by atoms with Crippen LogP contribution < -0.4 is 5.43 Å². The number of alkyl halides is 2. The van der Waals surface area contributed by atoms with E-state index in [1.165, 1.54) is 6.07 Å². The van der Waals surface area contributed by atoms with Crippen LogP contribution in [0.5, 0.6) is 0 Å². The first-order valence-corrected chi connectivity index (χ1v) is 10.5. The zero-order valence-corrected chi connectivity index (χ0v) is 16.5. The van der Waals surface area contributed by atoms with E-state index in [1.54, 1.807) is 30.6 Å². The van der Waals surface area contributed by atoms with Crippen molar-refractivity contribution in [3.63, 3.8) is 0 Å². The zero-order chi connectivity index (χ0) is 20.9. The molecule has 0 saturated heterocycles. The summed E-state index contributed by atoms with van der Waals surface area (Å²) in [4.78, 5) is 20.1. The highest BCUT2D eigenvalue weighted by molar-refractivity contribution is 5.77. The zero-order valence-electron chi connectivity index (χ0n) is 16.5. The van der Waals surface area contributed by atoms with Gasteiger partial charge in [0.05, 0.1) is 10.9 Å². The van der Waals surface area contributed by atoms with Crippen molar-refractivity contribution in [2.75, 3.05) is 0 Å². The van der Waals surface area contributed by atoms with Crippen molar-refractivity contribution in [3.05, 3.63) is 75.6 Å². The van der Waals surface area contributed by atoms with E-state index in [4.69, 9.17) is 0 Å². The molecule has 2 heterocycles. The number of nitrogens with zero attached hydrogens (tertiary/aromatic N) is 1. The minimum absolute atomic E-state index is 0.00458. The first-order chi connectivity index (χ1) is 14.4. The van der Waals surface area contributed by atoms with Crippen LogP contribution in [0.1, 0.15) is 48.4 Å². The maximum absolute atomic E-state index is 13.9. The fraction of sp³-hybridized carbons (Fsp3) is 0.417. The molecule has 0 unspecified atom stereocenters. The molecule has 1 N–H and O–H groups in total. The molecule has 0 spiro atoms. The van der Waals surface area contributed by atoms with Crippen LogP contribution in [0.15, 0.2) is 47.5 Å². The average Bonchev–Trinajstić information content (AvgIpc) is 2.73. The first-order valence-electron chi connectivity index (χ1n) is 10.5. The van der Waals surface area contributed by atoms with E-state index in [9.17, 15) is 18.0 Å². The molecule has 0 amide bonds. The third-order valence-corrected chi connectivity index (χ3v) is 7.00. The summed E-state index contributed by atoms with van der Waals surface area (Å²) >= 11 is 0. The number of benzene rings is 1. The Balaban J connectivity index is 1.57. The van der Waals surface area contributed by atoms with Crippen LogP contribution >= 0.6 is 0 Å². The molecule has 6 heteroatoms. The molecule has 2 aliphatic carbocycles. The highest BCUT2D eigenvalue weighted by atomic mass is 19.3. The maximum Gasteiger partial charge on any atom is 0.248 e. The summed E-state index contributed by atoms with van der Waals surface area (Å²) in [5, 5.41) is 0.536. The SMILES string of the molecule is O=c1cc([C@@H]2Cc3ccc(F)cc3C[C@H]2C2CCC(F)(F)CC2)[nH]c2ccncc12. The van der Waals surface area contributed by atoms with Crippen molar-refractivity contribution in [1.29, 1.82) is 0 Å². The summed E-state index contributed by atoms with van der Waals surface area (Å²) in [6, 6.07) is 8.26. The fourth-order valence-corrected chi connectivity index (χ4v) is 5.40. The molecule has 1 aromatic carbocycles. The summed E-state index contributed by atoms with van der Waals surface area (Å²) in [6.45, 7) is 0. The monoisotopic (exact) mass is 412 g/mol. The Morgan fingerprint density at radius 2 is 1.83 bits per heavy atom. The summed E-state index contributed by atoms with van der Waals surface area (Å²) in [6.07, 6.45) is 5.22. The summed E-state index contributed by atoms with van der Waals surface area (Å²) in [5.74, 6) is -2.64. The summed E-state index contributed by atoms with van der Waals surface area (Å²) in [7, 11) is 0. The normalized spacial score (nSPS) is 24.0. The lowest BCUT2D eigenvalue weighted by Gasteiger charge is -2.41. The second kappa shape index (κ2) is 7.25. The van der Waals surface area contributed by atoms with Gasteiger partial charge in [-0.05, 0) is 66.8 Å². The topological polar surface area (TPSA) is 45.8 Å². The van der Waals surface area contributed by atoms with Crippen LogP contribution in [0.2, 0.25) is 0 Å². The van der Waals surface area contributed by atoms with E-state index in [-0.39, 0.29) is 41.8 Å². The van der Waals surface area contributed by atoms with Crippen molar-refractivity contribution in [2.24, 2.45) is 11.8 Å². The van der Waals surface area contributed by atoms with Gasteiger partial charge in [0.1, 0.15) is 5.82 Å². The second-order valence-corrected chi connectivity index (χ2v) is 8.80. The molecule has 3 aromatic rings. The van der Waals surface area contributed by atoms with Crippen LogP contribution in [0.25, 0.3) is 10.9 Å². The third-order valence-electron chi connectivity index (χ3n) is 7.00. The predicted molar refractivity (Wildman–Crippen MR) is 109 cm³/mol. The van der Waals surface area contributed by atoms with Crippen LogP contribution in [-0.4, -0.2) is 15.9 Å². The molecule has 5 rings (SSSR count). The van der Waals surface area contributed by atoms with Gasteiger partial charge in [-0.2, -0.15) is 0 Å². The Morgan fingerprint density at radius 1 is 1.03 bits per heavy atom. The highest BCUT2D eigenvalue weighted by Gasteiger charge is 2.42. The van der Waals surface area contributed by atoms with Gasteiger partial charge in [-0.25, -0.2) is 13.2 Å². The number of nitrogens with one attached hydrogen (secondary N) is 1. The average molecular weight is 412 g/mol. The number of pyridine rings is 2. The minimum Gasteiger partial charge on any atom is -0.358 e. The molecule has 1 fully saturated rings. The molecule has 30 heavy (non-hydrogen) atoms. The lowest BCUT2D eigenvalue weighted by molar-refractivity contribution is -0.0542. The number of fused-ring (bicyclic) bond motifs is 2. The van der Waals surface area contributed by atoms with E-state index in [0.29, 0.717) is 31.1 Å². The van der Waals surface area contributed by atoms with Gasteiger partial charge in [0.15, 0.2) is 5.43 Å². The molecule has 2 aliphatic rings. The van der Waals surface area contributed by atoms with Crippen molar-refractivity contribution < 1.29 is 13.2 Å². The van der Waals surface area contributed by atoms with Gasteiger partial charge in [-0.15, -0.1) is 0 Å². The maximum atomic E-state index is 13.9. The van der Waals surface area contributed by atoms with Crippen LogP contribution in [-0.2, 0) is 12.8 Å². The molecule has 2 atom stereocenters. The number of aromatic nitrogens is 2. The van der Waals surface area contributed by atoms with Gasteiger partial charge in [0.2, 0.25) is 5.92 Å². The molecule has 0 bridgehead atoms. The Kier molecular flexibility index (Phi) is 4.68. The third kappa shape index (κ3) is 3.53. The van der Waals surface area contributed by atoms with E-state index in [0.717, 1.165) is 22.3 Å². The number of rotatable bonds is 2.